The number of fused-ring (bicyclic) bond motifs is 2. The molecule has 0 saturated carbocycles. The fraction of sp³-hybridized carbons (Fsp3) is 0.259. The fourth-order valence-electron chi connectivity index (χ4n) is 9.63. The second kappa shape index (κ2) is 20.9. The molecule has 0 aliphatic carbocycles. The van der Waals surface area contributed by atoms with Crippen LogP contribution in [0.5, 0.6) is 11.5 Å². The number of hydrogen-bond acceptors (Lipinski definition) is 7. The van der Waals surface area contributed by atoms with E-state index in [0.29, 0.717) is 35.5 Å². The Labute approximate surface area is 407 Å². The smallest absolute Gasteiger partial charge is 0.187 e. The van der Waals surface area contributed by atoms with E-state index in [1.807, 2.05) is 97.1 Å². The minimum atomic E-state index is -1.21. The van der Waals surface area contributed by atoms with Gasteiger partial charge in [-0.25, -0.2) is 9.69 Å². The molecule has 2 atom stereocenters. The molecule has 0 radical (unpaired) electrons. The minimum Gasteiger partial charge on any atom is -0.484 e. The van der Waals surface area contributed by atoms with Gasteiger partial charge in [0.25, 0.3) is 0 Å². The number of carbonyl (C=O) groups is 1. The van der Waals surface area contributed by atoms with Crippen molar-refractivity contribution in [1.29, 1.82) is 0 Å². The van der Waals surface area contributed by atoms with E-state index in [-0.39, 0.29) is 5.78 Å². The molecule has 6 aromatic rings. The van der Waals surface area contributed by atoms with Gasteiger partial charge in [0.05, 0.1) is 43.3 Å². The molecular weight excluding hydrogens is 871 g/mol. The Morgan fingerprint density at radius 1 is 0.609 bits per heavy atom. The highest BCUT2D eigenvalue weighted by molar-refractivity contribution is 6.75. The molecule has 0 aromatic heterocycles. The number of ether oxygens (including phenoxy) is 2. The average molecular weight is 926 g/mol. The Balaban J connectivity index is 0.000000164. The van der Waals surface area contributed by atoms with Crippen LogP contribution in [0, 0.1) is 19.7 Å². The highest BCUT2D eigenvalue weighted by Crippen LogP contribution is 2.43. The summed E-state index contributed by atoms with van der Waals surface area (Å²) >= 11 is 0. The Morgan fingerprint density at radius 2 is 1.09 bits per heavy atom. The van der Waals surface area contributed by atoms with Crippen molar-refractivity contribution in [2.24, 2.45) is 9.76 Å². The average Bonchev–Trinajstić information content (AvgIpc) is 3.37. The molecule has 344 valence electrons. The zero-order chi connectivity index (χ0) is 48.4. The van der Waals surface area contributed by atoms with Crippen LogP contribution in [0.2, 0.25) is 19.6 Å². The summed E-state index contributed by atoms with van der Waals surface area (Å²) in [5, 5.41) is 4.20. The van der Waals surface area contributed by atoms with Crippen LogP contribution in [0.4, 0.5) is 22.7 Å². The first-order valence-corrected chi connectivity index (χ1v) is 26.8. The van der Waals surface area contributed by atoms with E-state index < -0.39 is 19.4 Å². The monoisotopic (exact) mass is 925 g/mol. The molecule has 4 heterocycles. The first-order valence-electron chi connectivity index (χ1n) is 23.3. The van der Waals surface area contributed by atoms with Crippen molar-refractivity contribution in [3.63, 3.8) is 0 Å². The molecular formula is C58H55N7O3Si. The number of piperidine rings is 2. The van der Waals surface area contributed by atoms with Crippen molar-refractivity contribution < 1.29 is 14.3 Å². The summed E-state index contributed by atoms with van der Waals surface area (Å²) in [4.78, 5) is 28.3. The summed E-state index contributed by atoms with van der Waals surface area (Å²) in [6.45, 7) is 35.2. The number of carbonyl (C=O) groups excluding carboxylic acids is 1. The molecule has 2 fully saturated rings. The number of benzene rings is 6. The lowest BCUT2D eigenvalue weighted by Gasteiger charge is -2.46. The Kier molecular flexibility index (Phi) is 14.4. The largest absolute Gasteiger partial charge is 0.484 e. The molecule has 10 nitrogen and oxygen atoms in total. The maximum absolute atomic E-state index is 13.2. The maximum Gasteiger partial charge on any atom is 0.187 e. The van der Waals surface area contributed by atoms with E-state index in [4.69, 9.17) is 29.2 Å². The number of anilines is 2. The van der Waals surface area contributed by atoms with Gasteiger partial charge in [-0.2, -0.15) is 6.57 Å². The summed E-state index contributed by atoms with van der Waals surface area (Å²) in [7, 11) is -1.21. The fourth-order valence-corrected chi connectivity index (χ4v) is 10.1. The Hall–Kier alpha value is -8.00. The van der Waals surface area contributed by atoms with Gasteiger partial charge in [-0.15, -0.1) is 4.95 Å². The molecule has 0 amide bonds. The molecule has 2 unspecified atom stereocenters. The topological polar surface area (TPSA) is 79.8 Å². The van der Waals surface area contributed by atoms with Gasteiger partial charge in [-0.1, -0.05) is 84.9 Å². The van der Waals surface area contributed by atoms with Crippen molar-refractivity contribution >= 4 is 48.3 Å². The second-order valence-electron chi connectivity index (χ2n) is 18.9. The van der Waals surface area contributed by atoms with Gasteiger partial charge < -0.3 is 19.3 Å². The molecule has 4 aliphatic rings. The van der Waals surface area contributed by atoms with Crippen LogP contribution in [0.15, 0.2) is 162 Å². The molecule has 11 heteroatoms. The normalized spacial score (nSPS) is 19.5. The quantitative estimate of drug-likeness (QED) is 0.0745. The van der Waals surface area contributed by atoms with E-state index in [0.717, 1.165) is 91.1 Å². The second-order valence-corrected chi connectivity index (χ2v) is 23.5. The molecule has 0 bridgehead atoms. The standard InChI is InChI=1S/C27H22N4O.C26H22N2O2.C5H11NSi/c1-28-22-9-6-8-20(16-22)21-12-13-26-24(17-21)25(30-29-2)18-27(32-26)14-7-15-31(19-27)23-10-4-3-5-11-23;1-27-21-8-5-7-19(15-21)20-11-12-25-23(16-20)24(29)17-26(30-25)13-6-14-28(18-26)22-9-3-2-4-10-22;1-5-6-7(2,3)4/h3-6,8-13,16-17H,7,14-15,18-19H2;2-5,7-12,15-16H,6,13-14,17-18H2;1H2,2-4H3/b30-25-;;. The SMILES string of the molecule is C=C=N[Si](C)(C)C.[C-]#[N+]/N=C1/CC2(CCCN(c3ccccc3)C2)Oc2ccc(-c3cccc([N+]#[C-])c3)cc21.[C-]#[N+]c1cccc(-c2ccc3c(c2)C(=O)CC2(CCCN(c4ccccc4)C2)O3)c1. The molecule has 2 spiro atoms. The zero-order valence-corrected chi connectivity index (χ0v) is 40.5. The van der Waals surface area contributed by atoms with Gasteiger partial charge >= 0.3 is 0 Å². The summed E-state index contributed by atoms with van der Waals surface area (Å²) in [5.41, 5.74) is 8.82. The third-order valence-electron chi connectivity index (χ3n) is 12.7. The van der Waals surface area contributed by atoms with Crippen LogP contribution < -0.4 is 19.3 Å². The predicted molar refractivity (Wildman–Crippen MR) is 282 cm³/mol. The lowest BCUT2D eigenvalue weighted by molar-refractivity contribution is 0.0304. The molecule has 6 aromatic carbocycles. The van der Waals surface area contributed by atoms with Crippen LogP contribution in [-0.4, -0.2) is 63.0 Å². The molecule has 4 aliphatic heterocycles. The first-order chi connectivity index (χ1) is 33.4. The van der Waals surface area contributed by atoms with E-state index in [2.05, 4.69) is 103 Å². The number of nitrogens with zero attached hydrogens (tertiary/aromatic N) is 7. The van der Waals surface area contributed by atoms with Crippen LogP contribution in [0.25, 0.3) is 36.9 Å². The van der Waals surface area contributed by atoms with E-state index in [9.17, 15) is 4.79 Å². The highest BCUT2D eigenvalue weighted by atomic mass is 28.3. The maximum atomic E-state index is 13.2. The van der Waals surface area contributed by atoms with Crippen molar-refractivity contribution in [3.8, 4) is 33.8 Å². The molecule has 69 heavy (non-hydrogen) atoms. The lowest BCUT2D eigenvalue weighted by Crippen LogP contribution is -2.54. The number of ketones is 1. The van der Waals surface area contributed by atoms with Crippen molar-refractivity contribution in [3.05, 3.63) is 198 Å². The van der Waals surface area contributed by atoms with Gasteiger partial charge in [-0.3, -0.25) is 9.45 Å². The Bertz CT molecular complexity index is 3050. The van der Waals surface area contributed by atoms with E-state index in [1.165, 1.54) is 11.4 Å². The third kappa shape index (κ3) is 11.4. The Morgan fingerprint density at radius 3 is 1.55 bits per heavy atom. The first kappa shape index (κ1) is 47.5. The van der Waals surface area contributed by atoms with Gasteiger partial charge in [0.2, 0.25) is 0 Å². The van der Waals surface area contributed by atoms with Crippen LogP contribution in [0.3, 0.4) is 0 Å². The summed E-state index contributed by atoms with van der Waals surface area (Å²) in [6.07, 6.45) is 4.85. The summed E-state index contributed by atoms with van der Waals surface area (Å²) in [5.74, 6) is 4.13. The van der Waals surface area contributed by atoms with Crippen LogP contribution in [0.1, 0.15) is 54.4 Å². The lowest BCUT2D eigenvalue weighted by atomic mass is 9.82. The van der Waals surface area contributed by atoms with Crippen molar-refractivity contribution in [1.82, 2.24) is 0 Å². The molecule has 2 saturated heterocycles. The number of hydrogen-bond donors (Lipinski definition) is 0. The zero-order valence-electron chi connectivity index (χ0n) is 39.5. The van der Waals surface area contributed by atoms with Crippen molar-refractivity contribution in [2.75, 3.05) is 36.0 Å². The molecule has 0 N–H and O–H groups in total. The molecule has 10 rings (SSSR count). The van der Waals surface area contributed by atoms with Gasteiger partial charge in [0.1, 0.15) is 28.4 Å². The van der Waals surface area contributed by atoms with Crippen LogP contribution >= 0.6 is 0 Å². The van der Waals surface area contributed by atoms with Gasteiger partial charge in [0, 0.05) is 36.4 Å². The van der Waals surface area contributed by atoms with E-state index >= 15 is 0 Å². The third-order valence-corrected chi connectivity index (χ3v) is 13.5. The predicted octanol–water partition coefficient (Wildman–Crippen LogP) is 13.9. The minimum absolute atomic E-state index is 0.134. The van der Waals surface area contributed by atoms with Gasteiger partial charge in [-0.05, 0) is 141 Å². The number of Topliss-reactive ketones (excluding diaryl/α,β-unsaturated/α-hetero) is 1. The highest BCUT2D eigenvalue weighted by Gasteiger charge is 2.45. The number of rotatable bonds is 5. The van der Waals surface area contributed by atoms with Crippen LogP contribution in [-0.2, 0) is 0 Å². The number of para-hydroxylation sites is 2. The summed E-state index contributed by atoms with van der Waals surface area (Å²) in [6, 6.07) is 47.6. The van der Waals surface area contributed by atoms with Gasteiger partial charge in [0.15, 0.2) is 25.4 Å². The van der Waals surface area contributed by atoms with Crippen molar-refractivity contribution in [2.45, 2.75) is 69.4 Å². The summed E-state index contributed by atoms with van der Waals surface area (Å²) < 4.78 is 17.2. The van der Waals surface area contributed by atoms with E-state index in [1.54, 1.807) is 12.1 Å².